The highest BCUT2D eigenvalue weighted by Gasteiger charge is 2.29. The van der Waals surface area contributed by atoms with Gasteiger partial charge in [0.05, 0.1) is 19.3 Å². The first-order chi connectivity index (χ1) is 10.5. The predicted octanol–water partition coefficient (Wildman–Crippen LogP) is 1.30. The number of carbonyl (C=O) groups excluding carboxylic acids is 1. The second-order valence-electron chi connectivity index (χ2n) is 5.29. The average molecular weight is 327 g/mol. The number of nitrogens with zero attached hydrogens (tertiary/aromatic N) is 1. The first-order valence-electron chi connectivity index (χ1n) is 7.06. The van der Waals surface area contributed by atoms with Crippen molar-refractivity contribution in [3.8, 4) is 0 Å². The molecule has 0 saturated carbocycles. The van der Waals surface area contributed by atoms with Gasteiger partial charge in [-0.25, -0.2) is 0 Å². The standard InChI is InChI=1S/C15H19ClN2O4/c1-10-9-22-13(11-4-2-3-5-12(11)16)7-18(10)8-14(19)17-6-15(20)21/h2-5,10,13H,6-9H2,1H3,(H,17,19)(H,20,21)/t10-,13+/m0/s1. The van der Waals surface area contributed by atoms with Crippen LogP contribution in [0.15, 0.2) is 24.3 Å². The number of halogens is 1. The Balaban J connectivity index is 1.98. The number of carboxylic acids is 1. The van der Waals surface area contributed by atoms with Gasteiger partial charge in [0.2, 0.25) is 5.91 Å². The number of ether oxygens (including phenoxy) is 1. The summed E-state index contributed by atoms with van der Waals surface area (Å²) >= 11 is 6.19. The molecule has 0 unspecified atom stereocenters. The van der Waals surface area contributed by atoms with Crippen LogP contribution in [0.3, 0.4) is 0 Å². The number of carbonyl (C=O) groups is 2. The molecular weight excluding hydrogens is 308 g/mol. The summed E-state index contributed by atoms with van der Waals surface area (Å²) in [7, 11) is 0. The first kappa shape index (κ1) is 16.7. The Morgan fingerprint density at radius 3 is 2.86 bits per heavy atom. The SMILES string of the molecule is C[C@H]1CO[C@@H](c2ccccc2Cl)CN1CC(=O)NCC(=O)O. The van der Waals surface area contributed by atoms with E-state index in [1.165, 1.54) is 0 Å². The lowest BCUT2D eigenvalue weighted by molar-refractivity contribution is -0.138. The lowest BCUT2D eigenvalue weighted by atomic mass is 10.1. The summed E-state index contributed by atoms with van der Waals surface area (Å²) in [6.07, 6.45) is -0.197. The van der Waals surface area contributed by atoms with Crippen molar-refractivity contribution in [3.63, 3.8) is 0 Å². The summed E-state index contributed by atoms with van der Waals surface area (Å²) < 4.78 is 5.82. The third-order valence-corrected chi connectivity index (χ3v) is 3.94. The maximum Gasteiger partial charge on any atom is 0.322 e. The van der Waals surface area contributed by atoms with Gasteiger partial charge in [0.1, 0.15) is 6.54 Å². The molecule has 120 valence electrons. The van der Waals surface area contributed by atoms with Crippen LogP contribution in [-0.2, 0) is 14.3 Å². The number of rotatable bonds is 5. The fourth-order valence-corrected chi connectivity index (χ4v) is 2.62. The molecule has 1 amide bonds. The number of aliphatic carboxylic acids is 1. The number of amides is 1. The number of nitrogens with one attached hydrogen (secondary N) is 1. The van der Waals surface area contributed by atoms with Gasteiger partial charge in [0.25, 0.3) is 0 Å². The highest BCUT2D eigenvalue weighted by atomic mass is 35.5. The summed E-state index contributed by atoms with van der Waals surface area (Å²) in [5.74, 6) is -1.37. The quantitative estimate of drug-likeness (QED) is 0.852. The molecule has 0 spiro atoms. The molecule has 2 rings (SSSR count). The minimum Gasteiger partial charge on any atom is -0.480 e. The van der Waals surface area contributed by atoms with Crippen LogP contribution >= 0.6 is 11.6 Å². The minimum absolute atomic E-state index is 0.0781. The van der Waals surface area contributed by atoms with Crippen LogP contribution in [0.2, 0.25) is 5.02 Å². The summed E-state index contributed by atoms with van der Waals surface area (Å²) in [6.45, 7) is 2.76. The van der Waals surface area contributed by atoms with E-state index >= 15 is 0 Å². The summed E-state index contributed by atoms with van der Waals surface area (Å²) in [6, 6.07) is 7.55. The number of morpholine rings is 1. The second kappa shape index (κ2) is 7.58. The van der Waals surface area contributed by atoms with E-state index in [-0.39, 0.29) is 31.1 Å². The maximum absolute atomic E-state index is 11.8. The summed E-state index contributed by atoms with van der Waals surface area (Å²) in [4.78, 5) is 24.2. The van der Waals surface area contributed by atoms with Gasteiger partial charge < -0.3 is 15.2 Å². The van der Waals surface area contributed by atoms with E-state index in [4.69, 9.17) is 21.4 Å². The minimum atomic E-state index is -1.06. The lowest BCUT2D eigenvalue weighted by Crippen LogP contribution is -2.49. The second-order valence-corrected chi connectivity index (χ2v) is 5.70. The third kappa shape index (κ3) is 4.43. The van der Waals surface area contributed by atoms with Crippen LogP contribution in [-0.4, -0.2) is 54.2 Å². The van der Waals surface area contributed by atoms with Gasteiger partial charge in [-0.3, -0.25) is 14.5 Å². The fourth-order valence-electron chi connectivity index (χ4n) is 2.37. The normalized spacial score (nSPS) is 22.3. The Hall–Kier alpha value is -1.63. The van der Waals surface area contributed by atoms with Crippen molar-refractivity contribution in [2.45, 2.75) is 19.1 Å². The van der Waals surface area contributed by atoms with Gasteiger partial charge in [-0.15, -0.1) is 0 Å². The molecule has 1 fully saturated rings. The zero-order chi connectivity index (χ0) is 16.1. The van der Waals surface area contributed by atoms with Crippen LogP contribution in [0.25, 0.3) is 0 Å². The van der Waals surface area contributed by atoms with Crippen LogP contribution in [0.5, 0.6) is 0 Å². The van der Waals surface area contributed by atoms with E-state index in [0.717, 1.165) is 5.56 Å². The predicted molar refractivity (Wildman–Crippen MR) is 81.8 cm³/mol. The van der Waals surface area contributed by atoms with Crippen molar-refractivity contribution in [1.82, 2.24) is 10.2 Å². The maximum atomic E-state index is 11.8. The van der Waals surface area contributed by atoms with Crippen molar-refractivity contribution in [2.75, 3.05) is 26.2 Å². The van der Waals surface area contributed by atoms with Crippen LogP contribution in [0.1, 0.15) is 18.6 Å². The third-order valence-electron chi connectivity index (χ3n) is 3.60. The van der Waals surface area contributed by atoms with Gasteiger partial charge >= 0.3 is 5.97 Å². The van der Waals surface area contributed by atoms with Crippen LogP contribution in [0.4, 0.5) is 0 Å². The van der Waals surface area contributed by atoms with Gasteiger partial charge in [-0.1, -0.05) is 29.8 Å². The molecule has 1 aromatic rings. The highest BCUT2D eigenvalue weighted by Crippen LogP contribution is 2.29. The number of benzene rings is 1. The smallest absolute Gasteiger partial charge is 0.322 e. The van der Waals surface area contributed by atoms with E-state index < -0.39 is 5.97 Å². The Kier molecular flexibility index (Phi) is 5.76. The van der Waals surface area contributed by atoms with Gasteiger partial charge in [0, 0.05) is 23.2 Å². The molecule has 2 atom stereocenters. The monoisotopic (exact) mass is 326 g/mol. The molecule has 1 aliphatic rings. The fraction of sp³-hybridized carbons (Fsp3) is 0.467. The molecule has 0 radical (unpaired) electrons. The summed E-state index contributed by atoms with van der Waals surface area (Å²) in [5.41, 5.74) is 0.895. The Bertz CT molecular complexity index is 552. The van der Waals surface area contributed by atoms with Gasteiger partial charge in [-0.2, -0.15) is 0 Å². The number of hydrogen-bond acceptors (Lipinski definition) is 4. The van der Waals surface area contributed by atoms with E-state index in [9.17, 15) is 9.59 Å². The molecule has 7 heteroatoms. The molecule has 1 saturated heterocycles. The zero-order valence-corrected chi connectivity index (χ0v) is 13.0. The molecule has 22 heavy (non-hydrogen) atoms. The molecule has 0 aromatic heterocycles. The highest BCUT2D eigenvalue weighted by molar-refractivity contribution is 6.31. The number of hydrogen-bond donors (Lipinski definition) is 2. The molecule has 1 heterocycles. The molecule has 0 aliphatic carbocycles. The molecule has 2 N–H and O–H groups in total. The van der Waals surface area contributed by atoms with E-state index in [2.05, 4.69) is 5.32 Å². The number of carboxylic acid groups (broad SMARTS) is 1. The lowest BCUT2D eigenvalue weighted by Gasteiger charge is -2.37. The van der Waals surface area contributed by atoms with Crippen molar-refractivity contribution in [3.05, 3.63) is 34.9 Å². The Morgan fingerprint density at radius 2 is 2.18 bits per heavy atom. The van der Waals surface area contributed by atoms with Crippen molar-refractivity contribution in [1.29, 1.82) is 0 Å². The van der Waals surface area contributed by atoms with E-state index in [1.54, 1.807) is 0 Å². The first-order valence-corrected chi connectivity index (χ1v) is 7.43. The average Bonchev–Trinajstić information content (AvgIpc) is 2.48. The Morgan fingerprint density at radius 1 is 1.45 bits per heavy atom. The van der Waals surface area contributed by atoms with Crippen molar-refractivity contribution in [2.24, 2.45) is 0 Å². The molecule has 0 bridgehead atoms. The van der Waals surface area contributed by atoms with Crippen molar-refractivity contribution >= 4 is 23.5 Å². The molecular formula is C15H19ClN2O4. The zero-order valence-electron chi connectivity index (χ0n) is 12.3. The van der Waals surface area contributed by atoms with Gasteiger partial charge in [-0.05, 0) is 13.0 Å². The topological polar surface area (TPSA) is 78.9 Å². The van der Waals surface area contributed by atoms with Crippen LogP contribution in [0, 0.1) is 0 Å². The summed E-state index contributed by atoms with van der Waals surface area (Å²) in [5, 5.41) is 11.6. The van der Waals surface area contributed by atoms with Gasteiger partial charge in [0.15, 0.2) is 0 Å². The Labute approximate surface area is 134 Å². The van der Waals surface area contributed by atoms with Crippen molar-refractivity contribution < 1.29 is 19.4 Å². The largest absolute Gasteiger partial charge is 0.480 e. The molecule has 1 aromatic carbocycles. The molecule has 6 nitrogen and oxygen atoms in total. The molecule has 1 aliphatic heterocycles. The van der Waals surface area contributed by atoms with E-state index in [1.807, 2.05) is 36.1 Å². The van der Waals surface area contributed by atoms with Crippen LogP contribution < -0.4 is 5.32 Å². The van der Waals surface area contributed by atoms with E-state index in [0.29, 0.717) is 18.2 Å².